The van der Waals surface area contributed by atoms with Gasteiger partial charge in [0.2, 0.25) is 0 Å². The summed E-state index contributed by atoms with van der Waals surface area (Å²) in [5.74, 6) is -0.519. The summed E-state index contributed by atoms with van der Waals surface area (Å²) in [6, 6.07) is 19.4. The van der Waals surface area contributed by atoms with Gasteiger partial charge in [-0.15, -0.1) is 0 Å². The van der Waals surface area contributed by atoms with E-state index in [0.29, 0.717) is 6.42 Å². The molecule has 0 saturated carbocycles. The van der Waals surface area contributed by atoms with Gasteiger partial charge in [-0.25, -0.2) is 8.78 Å². The van der Waals surface area contributed by atoms with Gasteiger partial charge in [0, 0.05) is 36.3 Å². The molecule has 0 bridgehead atoms. The first-order chi connectivity index (χ1) is 16.0. The summed E-state index contributed by atoms with van der Waals surface area (Å²) in [7, 11) is 0. The lowest BCUT2D eigenvalue weighted by Crippen LogP contribution is -2.32. The van der Waals surface area contributed by atoms with Crippen molar-refractivity contribution in [3.8, 4) is 5.69 Å². The topological polar surface area (TPSA) is 28.4 Å². The van der Waals surface area contributed by atoms with E-state index in [9.17, 15) is 13.9 Å². The van der Waals surface area contributed by atoms with E-state index in [-0.39, 0.29) is 11.6 Å². The van der Waals surface area contributed by atoms with Crippen LogP contribution in [-0.2, 0) is 13.0 Å². The Morgan fingerprint density at radius 1 is 0.939 bits per heavy atom. The second kappa shape index (κ2) is 9.08. The van der Waals surface area contributed by atoms with Crippen molar-refractivity contribution in [2.45, 2.75) is 38.8 Å². The van der Waals surface area contributed by atoms with Crippen molar-refractivity contribution >= 4 is 10.9 Å². The molecule has 0 amide bonds. The van der Waals surface area contributed by atoms with E-state index in [1.165, 1.54) is 23.8 Å². The fraction of sp³-hybridized carbons (Fsp3) is 0.286. The van der Waals surface area contributed by atoms with E-state index in [4.69, 9.17) is 0 Å². The average Bonchev–Trinajstić information content (AvgIpc) is 3.13. The number of nitrogens with zero attached hydrogens (tertiary/aromatic N) is 2. The number of benzene rings is 3. The first-order valence-electron chi connectivity index (χ1n) is 11.5. The van der Waals surface area contributed by atoms with Gasteiger partial charge in [-0.2, -0.15) is 0 Å². The number of aliphatic hydroxyl groups excluding tert-OH is 1. The maximum absolute atomic E-state index is 14.1. The molecule has 1 aliphatic rings. The molecule has 1 aliphatic heterocycles. The van der Waals surface area contributed by atoms with Gasteiger partial charge in [-0.1, -0.05) is 29.8 Å². The lowest BCUT2D eigenvalue weighted by molar-refractivity contribution is 0.153. The van der Waals surface area contributed by atoms with E-state index < -0.39 is 6.10 Å². The second-order valence-corrected chi connectivity index (χ2v) is 8.99. The van der Waals surface area contributed by atoms with E-state index in [1.54, 1.807) is 18.2 Å². The molecular weight excluding hydrogens is 418 g/mol. The van der Waals surface area contributed by atoms with Gasteiger partial charge in [-0.05, 0) is 79.9 Å². The van der Waals surface area contributed by atoms with Gasteiger partial charge in [-0.3, -0.25) is 4.90 Å². The Morgan fingerprint density at radius 3 is 2.42 bits per heavy atom. The molecule has 1 unspecified atom stereocenters. The molecule has 0 aliphatic carbocycles. The summed E-state index contributed by atoms with van der Waals surface area (Å²) in [6.07, 6.45) is 1.97. The fourth-order valence-corrected chi connectivity index (χ4v) is 4.93. The molecular formula is C28H28F2N2O. The molecule has 5 rings (SSSR count). The number of aryl methyl sites for hydroxylation is 1. The van der Waals surface area contributed by atoms with Crippen molar-refractivity contribution in [3.05, 3.63) is 101 Å². The van der Waals surface area contributed by atoms with Crippen LogP contribution in [0.3, 0.4) is 0 Å². The molecule has 1 atom stereocenters. The third-order valence-electron chi connectivity index (χ3n) is 6.69. The molecule has 3 nitrogen and oxygen atoms in total. The largest absolute Gasteiger partial charge is 0.388 e. The molecule has 0 fully saturated rings. The zero-order chi connectivity index (χ0) is 22.9. The van der Waals surface area contributed by atoms with Gasteiger partial charge in [0.25, 0.3) is 0 Å². The van der Waals surface area contributed by atoms with Crippen LogP contribution in [-0.4, -0.2) is 27.7 Å². The van der Waals surface area contributed by atoms with Crippen molar-refractivity contribution in [1.29, 1.82) is 0 Å². The van der Waals surface area contributed by atoms with Crippen molar-refractivity contribution < 1.29 is 13.9 Å². The molecule has 0 spiro atoms. The Hall–Kier alpha value is -3.02. The number of aromatic nitrogens is 1. The van der Waals surface area contributed by atoms with Gasteiger partial charge < -0.3 is 9.67 Å². The quantitative estimate of drug-likeness (QED) is 0.388. The first-order valence-corrected chi connectivity index (χ1v) is 11.5. The molecule has 0 radical (unpaired) electrons. The Kier molecular flexibility index (Phi) is 6.00. The number of aliphatic hydroxyl groups is 1. The minimum Gasteiger partial charge on any atom is -0.388 e. The fourth-order valence-electron chi connectivity index (χ4n) is 4.93. The predicted molar refractivity (Wildman–Crippen MR) is 128 cm³/mol. The Labute approximate surface area is 192 Å². The molecule has 4 aromatic rings. The number of rotatable bonds is 6. The second-order valence-electron chi connectivity index (χ2n) is 8.99. The van der Waals surface area contributed by atoms with Crippen LogP contribution in [0, 0.1) is 18.6 Å². The third kappa shape index (κ3) is 4.43. The summed E-state index contributed by atoms with van der Waals surface area (Å²) in [5, 5.41) is 11.4. The normalized spacial score (nSPS) is 15.0. The first kappa shape index (κ1) is 21.8. The number of fused-ring (bicyclic) bond motifs is 3. The lowest BCUT2D eigenvalue weighted by atomic mass is 10.0. The SMILES string of the molecule is Cc1ccc(C(O)CCCN2CCc3c(c4cc(F)ccc4n3-c3ccc(F)cc3)C2)cc1. The van der Waals surface area contributed by atoms with Gasteiger partial charge >= 0.3 is 0 Å². The van der Waals surface area contributed by atoms with E-state index in [1.807, 2.05) is 37.3 Å². The zero-order valence-corrected chi connectivity index (χ0v) is 18.8. The van der Waals surface area contributed by atoms with E-state index >= 15 is 0 Å². The van der Waals surface area contributed by atoms with Crippen LogP contribution in [0.5, 0.6) is 0 Å². The summed E-state index contributed by atoms with van der Waals surface area (Å²) in [5.41, 5.74) is 6.29. The Morgan fingerprint density at radius 2 is 1.67 bits per heavy atom. The molecule has 170 valence electrons. The highest BCUT2D eigenvalue weighted by Crippen LogP contribution is 2.34. The Bertz CT molecular complexity index is 1260. The molecule has 1 aromatic heterocycles. The minimum absolute atomic E-state index is 0.250. The summed E-state index contributed by atoms with van der Waals surface area (Å²) < 4.78 is 29.8. The van der Waals surface area contributed by atoms with Crippen molar-refractivity contribution in [2.75, 3.05) is 13.1 Å². The van der Waals surface area contributed by atoms with Crippen LogP contribution in [0.1, 0.15) is 41.3 Å². The van der Waals surface area contributed by atoms with Crippen molar-refractivity contribution in [1.82, 2.24) is 9.47 Å². The molecule has 0 saturated heterocycles. The van der Waals surface area contributed by atoms with Gasteiger partial charge in [0.15, 0.2) is 0 Å². The standard InChI is InChI=1S/C28H28F2N2O/c1-19-4-6-20(7-5-19)28(33)3-2-15-31-16-14-27-25(18-31)24-17-22(30)10-13-26(24)32(27)23-11-8-21(29)9-12-23/h4-13,17,28,33H,2-3,14-16,18H2,1H3. The van der Waals surface area contributed by atoms with Crippen LogP contribution in [0.2, 0.25) is 0 Å². The van der Waals surface area contributed by atoms with Crippen LogP contribution >= 0.6 is 0 Å². The van der Waals surface area contributed by atoms with Crippen molar-refractivity contribution in [3.63, 3.8) is 0 Å². The summed E-state index contributed by atoms with van der Waals surface area (Å²) in [4.78, 5) is 2.38. The molecule has 33 heavy (non-hydrogen) atoms. The third-order valence-corrected chi connectivity index (χ3v) is 6.69. The maximum Gasteiger partial charge on any atom is 0.123 e. The zero-order valence-electron chi connectivity index (χ0n) is 18.8. The molecule has 5 heteroatoms. The monoisotopic (exact) mass is 446 g/mol. The maximum atomic E-state index is 14.1. The molecule has 3 aromatic carbocycles. The van der Waals surface area contributed by atoms with Gasteiger partial charge in [0.05, 0.1) is 11.6 Å². The van der Waals surface area contributed by atoms with E-state index in [0.717, 1.165) is 65.9 Å². The lowest BCUT2D eigenvalue weighted by Gasteiger charge is -2.28. The molecule has 1 N–H and O–H groups in total. The van der Waals surface area contributed by atoms with Crippen LogP contribution in [0.25, 0.3) is 16.6 Å². The summed E-state index contributed by atoms with van der Waals surface area (Å²) >= 11 is 0. The Balaban J connectivity index is 1.35. The van der Waals surface area contributed by atoms with Crippen LogP contribution < -0.4 is 0 Å². The predicted octanol–water partition coefficient (Wildman–Crippen LogP) is 6.09. The van der Waals surface area contributed by atoms with Crippen LogP contribution in [0.15, 0.2) is 66.7 Å². The molecule has 2 heterocycles. The summed E-state index contributed by atoms with van der Waals surface area (Å²) in [6.45, 7) is 4.55. The number of hydrogen-bond acceptors (Lipinski definition) is 2. The number of halogens is 2. The highest BCUT2D eigenvalue weighted by atomic mass is 19.1. The van der Waals surface area contributed by atoms with E-state index in [2.05, 4.69) is 9.47 Å². The smallest absolute Gasteiger partial charge is 0.123 e. The highest BCUT2D eigenvalue weighted by Gasteiger charge is 2.25. The minimum atomic E-state index is -0.458. The van der Waals surface area contributed by atoms with Crippen molar-refractivity contribution in [2.24, 2.45) is 0 Å². The van der Waals surface area contributed by atoms with Gasteiger partial charge in [0.1, 0.15) is 11.6 Å². The average molecular weight is 447 g/mol. The van der Waals surface area contributed by atoms with Crippen LogP contribution in [0.4, 0.5) is 8.78 Å². The highest BCUT2D eigenvalue weighted by molar-refractivity contribution is 5.87. The number of hydrogen-bond donors (Lipinski definition) is 1.